The van der Waals surface area contributed by atoms with Gasteiger partial charge in [-0.3, -0.25) is 0 Å². The molecule has 0 bridgehead atoms. The quantitative estimate of drug-likeness (QED) is 0.598. The van der Waals surface area contributed by atoms with Crippen LogP contribution in [0.15, 0.2) is 24.3 Å². The molecule has 0 atom stereocenters. The first kappa shape index (κ1) is 17.0. The maximum Gasteiger partial charge on any atom is 0.119 e. The van der Waals surface area contributed by atoms with E-state index in [0.29, 0.717) is 19.8 Å². The molecule has 4 heteroatoms. The van der Waals surface area contributed by atoms with E-state index >= 15 is 0 Å². The maximum atomic E-state index is 5.48. The summed E-state index contributed by atoms with van der Waals surface area (Å²) < 4.78 is 15.8. The van der Waals surface area contributed by atoms with Crippen LogP contribution < -0.4 is 10.1 Å². The second-order valence-corrected chi connectivity index (χ2v) is 4.57. The molecule has 4 nitrogen and oxygen atoms in total. The Bertz CT molecular complexity index is 344. The normalized spacial score (nSPS) is 10.7. The van der Waals surface area contributed by atoms with E-state index in [4.69, 9.17) is 14.2 Å². The minimum atomic E-state index is 0.675. The molecule has 0 aromatic heterocycles. The minimum Gasteiger partial charge on any atom is -0.494 e. The Morgan fingerprint density at radius 1 is 1.10 bits per heavy atom. The summed E-state index contributed by atoms with van der Waals surface area (Å²) in [7, 11) is 1.69. The van der Waals surface area contributed by atoms with Crippen molar-refractivity contribution in [2.24, 2.45) is 0 Å². The lowest BCUT2D eigenvalue weighted by Crippen LogP contribution is -2.15. The van der Waals surface area contributed by atoms with Crippen LogP contribution in [0.5, 0.6) is 5.75 Å². The summed E-state index contributed by atoms with van der Waals surface area (Å²) >= 11 is 0. The van der Waals surface area contributed by atoms with Crippen molar-refractivity contribution in [3.63, 3.8) is 0 Å². The predicted octanol–water partition coefficient (Wildman–Crippen LogP) is 2.62. The van der Waals surface area contributed by atoms with Crippen LogP contribution in [-0.2, 0) is 16.0 Å². The Labute approximate surface area is 122 Å². The third-order valence-electron chi connectivity index (χ3n) is 2.86. The predicted molar refractivity (Wildman–Crippen MR) is 81.2 cm³/mol. The topological polar surface area (TPSA) is 39.7 Å². The molecule has 0 amide bonds. The van der Waals surface area contributed by atoms with E-state index < -0.39 is 0 Å². The zero-order valence-corrected chi connectivity index (χ0v) is 12.7. The monoisotopic (exact) mass is 281 g/mol. The van der Waals surface area contributed by atoms with Crippen molar-refractivity contribution in [3.8, 4) is 5.75 Å². The number of rotatable bonds is 12. The molecular weight excluding hydrogens is 254 g/mol. The molecule has 0 aliphatic rings. The molecule has 0 fully saturated rings. The number of hydrogen-bond donors (Lipinski definition) is 1. The molecule has 1 rings (SSSR count). The average molecular weight is 281 g/mol. The van der Waals surface area contributed by atoms with Crippen molar-refractivity contribution >= 4 is 0 Å². The first-order valence-corrected chi connectivity index (χ1v) is 7.36. The first-order valence-electron chi connectivity index (χ1n) is 7.36. The third-order valence-corrected chi connectivity index (χ3v) is 2.86. The van der Waals surface area contributed by atoms with Crippen LogP contribution in [0.4, 0.5) is 0 Å². The van der Waals surface area contributed by atoms with Crippen LogP contribution in [0.1, 0.15) is 25.3 Å². The SMILES string of the molecule is CCOc1cccc(CNCCCCOCCOC)c1. The highest BCUT2D eigenvalue weighted by Crippen LogP contribution is 2.12. The fourth-order valence-electron chi connectivity index (χ4n) is 1.84. The molecule has 1 N–H and O–H groups in total. The Hall–Kier alpha value is -1.10. The summed E-state index contributed by atoms with van der Waals surface area (Å²) in [5, 5.41) is 3.44. The summed E-state index contributed by atoms with van der Waals surface area (Å²) in [6, 6.07) is 8.23. The lowest BCUT2D eigenvalue weighted by atomic mass is 10.2. The molecule has 0 saturated carbocycles. The van der Waals surface area contributed by atoms with Gasteiger partial charge in [-0.1, -0.05) is 12.1 Å². The van der Waals surface area contributed by atoms with E-state index in [0.717, 1.165) is 38.3 Å². The fourth-order valence-corrected chi connectivity index (χ4v) is 1.84. The lowest BCUT2D eigenvalue weighted by molar-refractivity contribution is 0.0688. The highest BCUT2D eigenvalue weighted by atomic mass is 16.5. The smallest absolute Gasteiger partial charge is 0.119 e. The van der Waals surface area contributed by atoms with E-state index in [2.05, 4.69) is 17.4 Å². The van der Waals surface area contributed by atoms with Gasteiger partial charge in [-0.05, 0) is 44.0 Å². The van der Waals surface area contributed by atoms with Gasteiger partial charge in [0.25, 0.3) is 0 Å². The average Bonchev–Trinajstić information content (AvgIpc) is 2.46. The van der Waals surface area contributed by atoms with Gasteiger partial charge in [-0.25, -0.2) is 0 Å². The van der Waals surface area contributed by atoms with E-state index in [9.17, 15) is 0 Å². The number of hydrogen-bond acceptors (Lipinski definition) is 4. The molecule has 0 aliphatic heterocycles. The van der Waals surface area contributed by atoms with Gasteiger partial charge < -0.3 is 19.5 Å². The number of ether oxygens (including phenoxy) is 3. The molecule has 1 aromatic rings. The van der Waals surface area contributed by atoms with Crippen molar-refractivity contribution in [2.45, 2.75) is 26.3 Å². The molecule has 0 spiro atoms. The van der Waals surface area contributed by atoms with Crippen LogP contribution in [0.3, 0.4) is 0 Å². The van der Waals surface area contributed by atoms with Crippen LogP contribution in [0.2, 0.25) is 0 Å². The summed E-state index contributed by atoms with van der Waals surface area (Å²) in [5.74, 6) is 0.943. The van der Waals surface area contributed by atoms with Gasteiger partial charge in [0, 0.05) is 20.3 Å². The van der Waals surface area contributed by atoms with Gasteiger partial charge in [0.2, 0.25) is 0 Å². The molecule has 0 radical (unpaired) electrons. The maximum absolute atomic E-state index is 5.48. The number of nitrogens with one attached hydrogen (secondary N) is 1. The van der Waals surface area contributed by atoms with Crippen molar-refractivity contribution in [3.05, 3.63) is 29.8 Å². The standard InChI is InChI=1S/C16H27NO3/c1-3-20-16-8-6-7-15(13-16)14-17-9-4-5-10-19-12-11-18-2/h6-8,13,17H,3-5,9-12,14H2,1-2H3. The number of unbranched alkanes of at least 4 members (excludes halogenated alkanes) is 1. The summed E-state index contributed by atoms with van der Waals surface area (Å²) in [5.41, 5.74) is 1.26. The zero-order chi connectivity index (χ0) is 14.5. The molecule has 20 heavy (non-hydrogen) atoms. The third kappa shape index (κ3) is 8.15. The van der Waals surface area contributed by atoms with Gasteiger partial charge in [-0.2, -0.15) is 0 Å². The van der Waals surface area contributed by atoms with Crippen molar-refractivity contribution in [1.29, 1.82) is 0 Å². The van der Waals surface area contributed by atoms with Crippen molar-refractivity contribution < 1.29 is 14.2 Å². The minimum absolute atomic E-state index is 0.675. The van der Waals surface area contributed by atoms with Gasteiger partial charge in [0.1, 0.15) is 5.75 Å². The van der Waals surface area contributed by atoms with Gasteiger partial charge >= 0.3 is 0 Å². The van der Waals surface area contributed by atoms with Crippen LogP contribution in [-0.4, -0.2) is 40.1 Å². The molecule has 0 aliphatic carbocycles. The van der Waals surface area contributed by atoms with Crippen molar-refractivity contribution in [2.75, 3.05) is 40.1 Å². The second kappa shape index (κ2) is 11.7. The summed E-state index contributed by atoms with van der Waals surface area (Å²) in [6.07, 6.45) is 2.20. The van der Waals surface area contributed by atoms with Crippen LogP contribution >= 0.6 is 0 Å². The van der Waals surface area contributed by atoms with Gasteiger partial charge in [-0.15, -0.1) is 0 Å². The fraction of sp³-hybridized carbons (Fsp3) is 0.625. The summed E-state index contributed by atoms with van der Waals surface area (Å²) in [6.45, 7) is 6.77. The van der Waals surface area contributed by atoms with E-state index in [1.165, 1.54) is 5.56 Å². The highest BCUT2D eigenvalue weighted by molar-refractivity contribution is 5.28. The Kier molecular flexibility index (Phi) is 9.92. The second-order valence-electron chi connectivity index (χ2n) is 4.57. The lowest BCUT2D eigenvalue weighted by Gasteiger charge is -2.08. The molecule has 1 aromatic carbocycles. The van der Waals surface area contributed by atoms with Crippen LogP contribution in [0.25, 0.3) is 0 Å². The van der Waals surface area contributed by atoms with E-state index in [-0.39, 0.29) is 0 Å². The first-order chi connectivity index (χ1) is 9.86. The Morgan fingerprint density at radius 3 is 2.80 bits per heavy atom. The largest absolute Gasteiger partial charge is 0.494 e. The Balaban J connectivity index is 2.02. The number of benzene rings is 1. The highest BCUT2D eigenvalue weighted by Gasteiger charge is 1.96. The number of methoxy groups -OCH3 is 1. The van der Waals surface area contributed by atoms with Crippen LogP contribution in [0, 0.1) is 0 Å². The molecule has 0 heterocycles. The van der Waals surface area contributed by atoms with Crippen molar-refractivity contribution in [1.82, 2.24) is 5.32 Å². The van der Waals surface area contributed by atoms with E-state index in [1.807, 2.05) is 19.1 Å². The molecule has 114 valence electrons. The molecule has 0 unspecified atom stereocenters. The van der Waals surface area contributed by atoms with Gasteiger partial charge in [0.15, 0.2) is 0 Å². The van der Waals surface area contributed by atoms with E-state index in [1.54, 1.807) is 7.11 Å². The van der Waals surface area contributed by atoms with Gasteiger partial charge in [0.05, 0.1) is 19.8 Å². The molecular formula is C16H27NO3. The Morgan fingerprint density at radius 2 is 2.00 bits per heavy atom. The summed E-state index contributed by atoms with van der Waals surface area (Å²) in [4.78, 5) is 0. The zero-order valence-electron chi connectivity index (χ0n) is 12.7. The molecule has 0 saturated heterocycles.